The molecule has 11 heteroatoms. The third-order valence-electron chi connectivity index (χ3n) is 3.94. The molecule has 0 amide bonds. The molecule has 2 rings (SSSR count). The summed E-state index contributed by atoms with van der Waals surface area (Å²) in [7, 11) is -8.05. The number of nitrogens with two attached hydrogens (primary N) is 1. The molecule has 8 nitrogen and oxygen atoms in total. The van der Waals surface area contributed by atoms with E-state index in [0.717, 1.165) is 6.17 Å². The number of hydrogen-bond acceptors (Lipinski definition) is 6. The van der Waals surface area contributed by atoms with Crippen molar-refractivity contribution in [3.05, 3.63) is 0 Å². The molecule has 2 aliphatic heterocycles. The molecule has 0 radical (unpaired) electrons. The standard InChI is InChI=1S/C11H26N4O4S2Si/c1-22(2,3)9-15-6-11(7-15)21(18,19)13-8-14-4-10(5-14)20(12,16)17/h10-11,13H,4-9H2,1-3H3,(H2,12,16,17). The Morgan fingerprint density at radius 2 is 1.50 bits per heavy atom. The Bertz CT molecular complexity index is 604. The molecule has 22 heavy (non-hydrogen) atoms. The van der Waals surface area contributed by atoms with Gasteiger partial charge >= 0.3 is 0 Å². The molecule has 2 aliphatic rings. The second-order valence-electron chi connectivity index (χ2n) is 7.47. The van der Waals surface area contributed by atoms with Crippen LogP contribution in [0.4, 0.5) is 0 Å². The summed E-state index contributed by atoms with van der Waals surface area (Å²) in [5.74, 6) is 0. The van der Waals surface area contributed by atoms with Crippen molar-refractivity contribution in [1.82, 2.24) is 14.5 Å². The Labute approximate surface area is 134 Å². The summed E-state index contributed by atoms with van der Waals surface area (Å²) < 4.78 is 49.0. The van der Waals surface area contributed by atoms with Gasteiger partial charge in [-0.25, -0.2) is 26.7 Å². The van der Waals surface area contributed by atoms with Crippen molar-refractivity contribution in [2.75, 3.05) is 39.0 Å². The predicted octanol–water partition coefficient (Wildman–Crippen LogP) is -1.60. The van der Waals surface area contributed by atoms with Gasteiger partial charge in [0.15, 0.2) is 0 Å². The number of nitrogens with zero attached hydrogens (tertiary/aromatic N) is 2. The maximum atomic E-state index is 12.2. The van der Waals surface area contributed by atoms with E-state index < -0.39 is 33.4 Å². The van der Waals surface area contributed by atoms with Crippen LogP contribution in [-0.4, -0.2) is 84.2 Å². The van der Waals surface area contributed by atoms with Crippen molar-refractivity contribution in [2.45, 2.75) is 30.1 Å². The molecule has 0 bridgehead atoms. The molecule has 2 heterocycles. The maximum absolute atomic E-state index is 12.2. The Hall–Kier alpha value is -0.0431. The maximum Gasteiger partial charge on any atom is 0.218 e. The van der Waals surface area contributed by atoms with Crippen LogP contribution in [0, 0.1) is 0 Å². The van der Waals surface area contributed by atoms with Crippen LogP contribution in [0.1, 0.15) is 0 Å². The first-order valence-electron chi connectivity index (χ1n) is 7.32. The van der Waals surface area contributed by atoms with E-state index in [1.54, 1.807) is 4.90 Å². The van der Waals surface area contributed by atoms with Crippen LogP contribution in [0.2, 0.25) is 19.6 Å². The van der Waals surface area contributed by atoms with Crippen LogP contribution in [0.15, 0.2) is 0 Å². The molecule has 3 N–H and O–H groups in total. The van der Waals surface area contributed by atoms with Crippen LogP contribution < -0.4 is 9.86 Å². The van der Waals surface area contributed by atoms with Crippen molar-refractivity contribution in [2.24, 2.45) is 5.14 Å². The minimum absolute atomic E-state index is 0.152. The highest BCUT2D eigenvalue weighted by molar-refractivity contribution is 7.90. The average molecular weight is 371 g/mol. The zero-order chi connectivity index (χ0) is 16.8. The van der Waals surface area contributed by atoms with Gasteiger partial charge in [0.05, 0.1) is 14.7 Å². The van der Waals surface area contributed by atoms with Gasteiger partial charge in [0.1, 0.15) is 10.5 Å². The summed E-state index contributed by atoms with van der Waals surface area (Å²) in [6, 6.07) is 0. The summed E-state index contributed by atoms with van der Waals surface area (Å²) in [5.41, 5.74) is 0. The van der Waals surface area contributed by atoms with Gasteiger partial charge in [-0.05, 0) is 6.17 Å². The van der Waals surface area contributed by atoms with E-state index in [0.29, 0.717) is 13.1 Å². The summed E-state index contributed by atoms with van der Waals surface area (Å²) in [5, 5.41) is 4.10. The molecule has 0 spiro atoms. The highest BCUT2D eigenvalue weighted by atomic mass is 32.2. The normalized spacial score (nSPS) is 23.3. The zero-order valence-electron chi connectivity index (χ0n) is 13.3. The van der Waals surface area contributed by atoms with E-state index >= 15 is 0 Å². The number of rotatable bonds is 7. The minimum Gasteiger partial charge on any atom is -0.303 e. The van der Waals surface area contributed by atoms with Gasteiger partial charge in [-0.3, -0.25) is 4.90 Å². The fraction of sp³-hybridized carbons (Fsp3) is 1.00. The molecule has 0 saturated carbocycles. The molecule has 0 aromatic heterocycles. The number of likely N-dealkylation sites (tertiary alicyclic amines) is 2. The zero-order valence-corrected chi connectivity index (χ0v) is 16.0. The topological polar surface area (TPSA) is 113 Å². The lowest BCUT2D eigenvalue weighted by atomic mass is 10.2. The highest BCUT2D eigenvalue weighted by Crippen LogP contribution is 2.19. The number of sulfonamides is 2. The second kappa shape index (κ2) is 6.11. The highest BCUT2D eigenvalue weighted by Gasteiger charge is 2.40. The summed E-state index contributed by atoms with van der Waals surface area (Å²) in [6.45, 7) is 8.68. The van der Waals surface area contributed by atoms with Crippen molar-refractivity contribution < 1.29 is 16.8 Å². The third kappa shape index (κ3) is 4.73. The van der Waals surface area contributed by atoms with E-state index in [4.69, 9.17) is 5.14 Å². The number of nitrogens with one attached hydrogen (secondary N) is 1. The molecule has 0 aromatic carbocycles. The molecule has 0 aliphatic carbocycles. The van der Waals surface area contributed by atoms with Crippen LogP contribution in [0.25, 0.3) is 0 Å². The fourth-order valence-corrected chi connectivity index (χ4v) is 6.53. The van der Waals surface area contributed by atoms with E-state index in [1.165, 1.54) is 0 Å². The predicted molar refractivity (Wildman–Crippen MR) is 89.0 cm³/mol. The van der Waals surface area contributed by atoms with E-state index in [1.807, 2.05) is 0 Å². The van der Waals surface area contributed by atoms with Crippen molar-refractivity contribution >= 4 is 28.1 Å². The van der Waals surface area contributed by atoms with Crippen molar-refractivity contribution in [3.8, 4) is 0 Å². The fourth-order valence-electron chi connectivity index (χ4n) is 2.68. The summed E-state index contributed by atoms with van der Waals surface area (Å²) in [6.07, 6.45) is 1.02. The van der Waals surface area contributed by atoms with Gasteiger partial charge in [0.25, 0.3) is 0 Å². The van der Waals surface area contributed by atoms with Crippen LogP contribution in [0.3, 0.4) is 0 Å². The van der Waals surface area contributed by atoms with Gasteiger partial charge < -0.3 is 4.90 Å². The minimum atomic E-state index is -3.51. The molecule has 0 aromatic rings. The van der Waals surface area contributed by atoms with Crippen LogP contribution in [-0.2, 0) is 20.0 Å². The smallest absolute Gasteiger partial charge is 0.218 e. The first-order chi connectivity index (χ1) is 9.87. The summed E-state index contributed by atoms with van der Waals surface area (Å²) in [4.78, 5) is 3.92. The average Bonchev–Trinajstić information content (AvgIpc) is 2.16. The van der Waals surface area contributed by atoms with E-state index in [-0.39, 0.29) is 25.0 Å². The first kappa shape index (κ1) is 18.3. The molecular formula is C11H26N4O4S2Si. The van der Waals surface area contributed by atoms with Crippen LogP contribution in [0.5, 0.6) is 0 Å². The summed E-state index contributed by atoms with van der Waals surface area (Å²) >= 11 is 0. The largest absolute Gasteiger partial charge is 0.303 e. The quantitative estimate of drug-likeness (QED) is 0.522. The van der Waals surface area contributed by atoms with Gasteiger partial charge in [-0.1, -0.05) is 19.6 Å². The molecule has 0 atom stereocenters. The molecule has 130 valence electrons. The Morgan fingerprint density at radius 1 is 1.00 bits per heavy atom. The number of hydrogen-bond donors (Lipinski definition) is 2. The van der Waals surface area contributed by atoms with E-state index in [2.05, 4.69) is 29.3 Å². The van der Waals surface area contributed by atoms with Crippen molar-refractivity contribution in [1.29, 1.82) is 0 Å². The SMILES string of the molecule is C[Si](C)(C)CN1CC(S(=O)(=O)NCN2CC(S(N)(=O)=O)C2)C1. The third-order valence-corrected chi connectivity index (χ3v) is 8.27. The van der Waals surface area contributed by atoms with Crippen molar-refractivity contribution in [3.63, 3.8) is 0 Å². The first-order valence-corrected chi connectivity index (χ1v) is 14.2. The Morgan fingerprint density at radius 3 is 1.95 bits per heavy atom. The molecular weight excluding hydrogens is 344 g/mol. The monoisotopic (exact) mass is 370 g/mol. The second-order valence-corrected chi connectivity index (χ2v) is 16.8. The molecule has 2 fully saturated rings. The number of primary sulfonamides is 1. The van der Waals surface area contributed by atoms with E-state index in [9.17, 15) is 16.8 Å². The lowest BCUT2D eigenvalue weighted by Gasteiger charge is -2.42. The Balaban J connectivity index is 1.71. The van der Waals surface area contributed by atoms with Gasteiger partial charge in [-0.15, -0.1) is 0 Å². The van der Waals surface area contributed by atoms with Crippen LogP contribution >= 0.6 is 0 Å². The molecule has 0 unspecified atom stereocenters. The van der Waals surface area contributed by atoms with Gasteiger partial charge in [-0.2, -0.15) is 0 Å². The van der Waals surface area contributed by atoms with Gasteiger partial charge in [0.2, 0.25) is 20.0 Å². The Kier molecular flexibility index (Phi) is 5.08. The lowest BCUT2D eigenvalue weighted by Crippen LogP contribution is -2.63. The van der Waals surface area contributed by atoms with Gasteiger partial charge in [0, 0.05) is 26.2 Å². The molecule has 2 saturated heterocycles. The lowest BCUT2D eigenvalue weighted by molar-refractivity contribution is 0.179.